The van der Waals surface area contributed by atoms with Crippen LogP contribution >= 0.6 is 0 Å². The molecule has 3 aromatic heterocycles. The van der Waals surface area contributed by atoms with Gasteiger partial charge in [0.05, 0.1) is 11.0 Å². The van der Waals surface area contributed by atoms with Gasteiger partial charge in [-0.3, -0.25) is 24.2 Å². The van der Waals surface area contributed by atoms with Gasteiger partial charge in [-0.15, -0.1) is 0 Å². The maximum Gasteiger partial charge on any atom is 0.255 e. The van der Waals surface area contributed by atoms with Crippen molar-refractivity contribution >= 4 is 38.3 Å². The molecule has 0 bridgehead atoms. The fourth-order valence-corrected chi connectivity index (χ4v) is 6.06. The molecule has 0 N–H and O–H groups in total. The minimum atomic E-state index is -0.0567. The van der Waals surface area contributed by atoms with Gasteiger partial charge in [0.1, 0.15) is 0 Å². The fraction of sp³-hybridized carbons (Fsp3) is 0.229. The third-order valence-electron chi connectivity index (χ3n) is 8.39. The summed E-state index contributed by atoms with van der Waals surface area (Å²) in [4.78, 5) is 27.4. The van der Waals surface area contributed by atoms with Crippen LogP contribution in [0.15, 0.2) is 102 Å². The third-order valence-corrected chi connectivity index (χ3v) is 8.39. The number of rotatable bonds is 3. The smallest absolute Gasteiger partial charge is 0.255 e. The highest BCUT2D eigenvalue weighted by Gasteiger charge is 2.26. The lowest BCUT2D eigenvalue weighted by Crippen LogP contribution is -2.53. The van der Waals surface area contributed by atoms with Crippen molar-refractivity contribution in [3.63, 3.8) is 0 Å². The van der Waals surface area contributed by atoms with Crippen LogP contribution < -0.4 is 10.5 Å². The number of nitrogens with zero attached hydrogens (tertiary/aromatic N) is 5. The summed E-state index contributed by atoms with van der Waals surface area (Å²) in [5.41, 5.74) is 6.08. The molecule has 0 unspecified atom stereocenters. The van der Waals surface area contributed by atoms with Crippen LogP contribution in [0.5, 0.6) is 0 Å². The Labute approximate surface area is 239 Å². The van der Waals surface area contributed by atoms with Crippen molar-refractivity contribution < 1.29 is 0 Å². The molecule has 1 aliphatic rings. The molecule has 41 heavy (non-hydrogen) atoms. The van der Waals surface area contributed by atoms with Gasteiger partial charge in [0.2, 0.25) is 0 Å². The Morgan fingerprint density at radius 1 is 0.683 bits per heavy atom. The van der Waals surface area contributed by atoms with Gasteiger partial charge in [-0.1, -0.05) is 18.2 Å². The number of pyridine rings is 3. The lowest BCUT2D eigenvalue weighted by Gasteiger charge is -2.43. The second-order valence-electron chi connectivity index (χ2n) is 11.9. The number of aromatic nitrogens is 3. The van der Waals surface area contributed by atoms with Gasteiger partial charge in [0.15, 0.2) is 0 Å². The lowest BCUT2D eigenvalue weighted by atomic mass is 9.99. The van der Waals surface area contributed by atoms with Crippen molar-refractivity contribution in [3.05, 3.63) is 108 Å². The molecular formula is C35H33N5O. The largest absolute Gasteiger partial charge is 0.369 e. The van der Waals surface area contributed by atoms with Crippen LogP contribution in [0.4, 0.5) is 5.69 Å². The van der Waals surface area contributed by atoms with Crippen molar-refractivity contribution in [2.75, 3.05) is 31.1 Å². The fourth-order valence-electron chi connectivity index (χ4n) is 6.06. The summed E-state index contributed by atoms with van der Waals surface area (Å²) in [6.07, 6.45) is 5.56. The average molecular weight is 540 g/mol. The summed E-state index contributed by atoms with van der Waals surface area (Å²) in [6, 6.07) is 26.7. The molecule has 0 amide bonds. The number of hydrogen-bond donors (Lipinski definition) is 0. The summed E-state index contributed by atoms with van der Waals surface area (Å²) in [5, 5.41) is 4.13. The molecule has 6 heteroatoms. The number of piperazine rings is 1. The van der Waals surface area contributed by atoms with Gasteiger partial charge in [-0.2, -0.15) is 0 Å². The van der Waals surface area contributed by atoms with Crippen molar-refractivity contribution in [1.82, 2.24) is 19.4 Å². The molecule has 1 fully saturated rings. The average Bonchev–Trinajstić information content (AvgIpc) is 3.00. The SMILES string of the molecule is CC(C)(C)N1CCN(c2ccc(-n3c(=O)ccc4cnc5ccc(-c6ccc7ccncc7c6)cc5c43)cc2)CC1. The Balaban J connectivity index is 1.30. The van der Waals surface area contributed by atoms with Crippen LogP contribution in [-0.4, -0.2) is 51.2 Å². The Kier molecular flexibility index (Phi) is 6.09. The predicted octanol–water partition coefficient (Wildman–Crippen LogP) is 6.67. The van der Waals surface area contributed by atoms with E-state index >= 15 is 0 Å². The third kappa shape index (κ3) is 4.64. The quantitative estimate of drug-likeness (QED) is 0.235. The van der Waals surface area contributed by atoms with Crippen LogP contribution in [0.2, 0.25) is 0 Å². The van der Waals surface area contributed by atoms with E-state index in [0.717, 1.165) is 75.6 Å². The molecule has 7 rings (SSSR count). The monoisotopic (exact) mass is 539 g/mol. The Bertz CT molecular complexity index is 1960. The predicted molar refractivity (Wildman–Crippen MR) is 169 cm³/mol. The minimum absolute atomic E-state index is 0.0567. The number of anilines is 1. The van der Waals surface area contributed by atoms with Crippen molar-refractivity contribution in [1.29, 1.82) is 0 Å². The maximum atomic E-state index is 13.4. The molecule has 0 aliphatic carbocycles. The molecule has 0 spiro atoms. The normalized spacial score (nSPS) is 14.8. The highest BCUT2D eigenvalue weighted by molar-refractivity contribution is 6.05. The highest BCUT2D eigenvalue weighted by atomic mass is 16.1. The van der Waals surface area contributed by atoms with Crippen molar-refractivity contribution in [2.45, 2.75) is 26.3 Å². The number of benzene rings is 3. The number of hydrogen-bond acceptors (Lipinski definition) is 5. The standard InChI is InChI=1S/C35H33N5O/c1-35(2,3)39-18-16-38(17-19-39)29-8-10-30(11-9-29)40-33(41)13-7-27-23-37-32-12-6-26(21-31(32)34(27)40)25-5-4-24-14-15-36-22-28(24)20-25/h4-15,20-23H,16-19H2,1-3H3. The van der Waals surface area contributed by atoms with Gasteiger partial charge in [-0.05, 0) is 91.9 Å². The van der Waals surface area contributed by atoms with E-state index in [1.165, 1.54) is 5.69 Å². The van der Waals surface area contributed by atoms with E-state index in [1.54, 1.807) is 6.07 Å². The molecule has 6 aromatic rings. The van der Waals surface area contributed by atoms with E-state index < -0.39 is 0 Å². The second kappa shape index (κ2) is 9.82. The molecule has 204 valence electrons. The zero-order valence-corrected chi connectivity index (χ0v) is 23.7. The van der Waals surface area contributed by atoms with E-state index in [4.69, 9.17) is 4.98 Å². The number of fused-ring (bicyclic) bond motifs is 4. The Hall–Kier alpha value is -4.55. The summed E-state index contributed by atoms with van der Waals surface area (Å²) < 4.78 is 1.83. The highest BCUT2D eigenvalue weighted by Crippen LogP contribution is 2.31. The molecule has 4 heterocycles. The first-order valence-corrected chi connectivity index (χ1v) is 14.2. The summed E-state index contributed by atoms with van der Waals surface area (Å²) >= 11 is 0. The lowest BCUT2D eigenvalue weighted by molar-refractivity contribution is 0.128. The molecule has 0 radical (unpaired) electrons. The molecule has 6 nitrogen and oxygen atoms in total. The van der Waals surface area contributed by atoms with Crippen LogP contribution in [0.1, 0.15) is 20.8 Å². The molecule has 3 aromatic carbocycles. The van der Waals surface area contributed by atoms with Crippen LogP contribution in [0, 0.1) is 0 Å². The van der Waals surface area contributed by atoms with Gasteiger partial charge < -0.3 is 4.90 Å². The van der Waals surface area contributed by atoms with E-state index in [9.17, 15) is 4.79 Å². The van der Waals surface area contributed by atoms with Gasteiger partial charge in [0, 0.05) is 83.9 Å². The summed E-state index contributed by atoms with van der Waals surface area (Å²) in [7, 11) is 0. The van der Waals surface area contributed by atoms with Gasteiger partial charge in [-0.25, -0.2) is 0 Å². The first kappa shape index (κ1) is 25.4. The summed E-state index contributed by atoms with van der Waals surface area (Å²) in [5.74, 6) is 0. The topological polar surface area (TPSA) is 54.3 Å². The Morgan fingerprint density at radius 2 is 1.39 bits per heavy atom. The first-order chi connectivity index (χ1) is 19.8. The Morgan fingerprint density at radius 3 is 2.17 bits per heavy atom. The van der Waals surface area contributed by atoms with E-state index in [0.29, 0.717) is 0 Å². The van der Waals surface area contributed by atoms with Gasteiger partial charge in [0.25, 0.3) is 5.56 Å². The molecule has 0 atom stereocenters. The first-order valence-electron chi connectivity index (χ1n) is 14.2. The van der Waals surface area contributed by atoms with Crippen LogP contribution in [0.3, 0.4) is 0 Å². The van der Waals surface area contributed by atoms with E-state index in [1.807, 2.05) is 41.4 Å². The molecule has 0 saturated carbocycles. The van der Waals surface area contributed by atoms with Crippen molar-refractivity contribution in [2.24, 2.45) is 0 Å². The molecular weight excluding hydrogens is 506 g/mol. The summed E-state index contributed by atoms with van der Waals surface area (Å²) in [6.45, 7) is 10.9. The van der Waals surface area contributed by atoms with E-state index in [-0.39, 0.29) is 11.1 Å². The van der Waals surface area contributed by atoms with Crippen molar-refractivity contribution in [3.8, 4) is 16.8 Å². The maximum absolute atomic E-state index is 13.4. The minimum Gasteiger partial charge on any atom is -0.369 e. The van der Waals surface area contributed by atoms with Gasteiger partial charge >= 0.3 is 0 Å². The van der Waals surface area contributed by atoms with Crippen LogP contribution in [0.25, 0.3) is 49.4 Å². The van der Waals surface area contributed by atoms with E-state index in [2.05, 4.69) is 90.2 Å². The zero-order chi connectivity index (χ0) is 28.1. The second-order valence-corrected chi connectivity index (χ2v) is 11.9. The molecule has 1 aliphatic heterocycles. The molecule has 1 saturated heterocycles. The zero-order valence-electron chi connectivity index (χ0n) is 23.7. The van der Waals surface area contributed by atoms with Crippen LogP contribution in [-0.2, 0) is 0 Å².